The summed E-state index contributed by atoms with van der Waals surface area (Å²) in [6, 6.07) is 23.4. The van der Waals surface area contributed by atoms with Gasteiger partial charge in [0, 0.05) is 24.2 Å². The summed E-state index contributed by atoms with van der Waals surface area (Å²) in [6.07, 6.45) is 2.65. The minimum Gasteiger partial charge on any atom is -0.345 e. The maximum Gasteiger partial charge on any atom is 0.252 e. The molecule has 0 bridgehead atoms. The number of fused-ring (bicyclic) bond motifs is 1. The Balaban J connectivity index is 1.41. The number of amides is 1. The summed E-state index contributed by atoms with van der Waals surface area (Å²) in [7, 11) is 0. The lowest BCUT2D eigenvalue weighted by Gasteiger charge is -2.20. The summed E-state index contributed by atoms with van der Waals surface area (Å²) in [6.45, 7) is 2.91. The van der Waals surface area contributed by atoms with Gasteiger partial charge in [-0.3, -0.25) is 9.80 Å². The summed E-state index contributed by atoms with van der Waals surface area (Å²) in [5.74, 6) is -0.119. The number of benzene rings is 3. The molecule has 2 N–H and O–H groups in total. The van der Waals surface area contributed by atoms with Gasteiger partial charge in [0.2, 0.25) is 0 Å². The Morgan fingerprint density at radius 2 is 1.84 bits per heavy atom. The van der Waals surface area contributed by atoms with E-state index in [4.69, 9.17) is 0 Å². The molecule has 1 unspecified atom stereocenters. The van der Waals surface area contributed by atoms with Crippen LogP contribution in [0.3, 0.4) is 0 Å². The van der Waals surface area contributed by atoms with Gasteiger partial charge in [0.1, 0.15) is 0 Å². The number of hydrogen-bond acceptors (Lipinski definition) is 4. The number of aromatic amines is 1. The summed E-state index contributed by atoms with van der Waals surface area (Å²) in [5.41, 5.74) is 6.60. The highest BCUT2D eigenvalue weighted by Crippen LogP contribution is 2.26. The highest BCUT2D eigenvalue weighted by molar-refractivity contribution is 5.95. The number of H-pyrrole nitrogens is 1. The maximum atomic E-state index is 13.1. The van der Waals surface area contributed by atoms with E-state index in [0.29, 0.717) is 5.56 Å². The van der Waals surface area contributed by atoms with Crippen molar-refractivity contribution in [2.24, 2.45) is 5.10 Å². The predicted molar refractivity (Wildman–Crippen MR) is 123 cm³/mol. The number of anilines is 1. The second-order valence-electron chi connectivity index (χ2n) is 7.75. The van der Waals surface area contributed by atoms with Crippen molar-refractivity contribution in [3.63, 3.8) is 0 Å². The Kier molecular flexibility index (Phi) is 4.96. The third kappa shape index (κ3) is 3.92. The summed E-state index contributed by atoms with van der Waals surface area (Å²) in [5, 5.41) is 9.70. The van der Waals surface area contributed by atoms with Crippen LogP contribution in [0.1, 0.15) is 40.9 Å². The van der Waals surface area contributed by atoms with Gasteiger partial charge in [-0.25, -0.2) is 4.98 Å². The number of carbonyl (C=O) groups is 1. The van der Waals surface area contributed by atoms with E-state index in [1.165, 1.54) is 0 Å². The van der Waals surface area contributed by atoms with Gasteiger partial charge in [-0.1, -0.05) is 36.4 Å². The molecule has 2 heterocycles. The van der Waals surface area contributed by atoms with Crippen molar-refractivity contribution in [2.45, 2.75) is 19.4 Å². The zero-order chi connectivity index (χ0) is 21.2. The van der Waals surface area contributed by atoms with Crippen LogP contribution >= 0.6 is 0 Å². The van der Waals surface area contributed by atoms with Gasteiger partial charge in [0.15, 0.2) is 0 Å². The Hall–Kier alpha value is -3.93. The highest BCUT2D eigenvalue weighted by Gasteiger charge is 2.19. The molecule has 6 heteroatoms. The number of hydrazone groups is 1. The molecular formula is C25H23N5O. The summed E-state index contributed by atoms with van der Waals surface area (Å²) < 4.78 is 0. The SMILES string of the molecule is CC1=NN(c2ccc(C(=O)NC(c3ccccc3)c3ccc4nc[nH]c4c3)cc2)CC1. The van der Waals surface area contributed by atoms with E-state index < -0.39 is 0 Å². The van der Waals surface area contributed by atoms with Crippen molar-refractivity contribution in [2.75, 3.05) is 11.6 Å². The van der Waals surface area contributed by atoms with Crippen LogP contribution in [-0.4, -0.2) is 28.1 Å². The number of rotatable bonds is 5. The first-order valence-corrected chi connectivity index (χ1v) is 10.4. The Morgan fingerprint density at radius 3 is 2.58 bits per heavy atom. The minimum atomic E-state index is -0.271. The second kappa shape index (κ2) is 8.07. The van der Waals surface area contributed by atoms with Gasteiger partial charge in [-0.2, -0.15) is 5.10 Å². The van der Waals surface area contributed by atoms with Crippen LogP contribution in [0.15, 0.2) is 84.2 Å². The van der Waals surface area contributed by atoms with Crippen LogP contribution in [0.2, 0.25) is 0 Å². The third-order valence-electron chi connectivity index (χ3n) is 5.59. The molecule has 0 saturated heterocycles. The van der Waals surface area contributed by atoms with E-state index in [1.54, 1.807) is 6.33 Å². The number of carbonyl (C=O) groups excluding carboxylic acids is 1. The van der Waals surface area contributed by atoms with Crippen LogP contribution in [0, 0.1) is 0 Å². The van der Waals surface area contributed by atoms with Crippen molar-refractivity contribution in [1.29, 1.82) is 0 Å². The quantitative estimate of drug-likeness (QED) is 0.503. The molecule has 0 fully saturated rings. The molecule has 0 radical (unpaired) electrons. The van der Waals surface area contributed by atoms with Crippen molar-refractivity contribution in [3.8, 4) is 0 Å². The topological polar surface area (TPSA) is 73.4 Å². The van der Waals surface area contributed by atoms with E-state index in [0.717, 1.165) is 46.5 Å². The molecule has 1 aliphatic heterocycles. The molecule has 154 valence electrons. The van der Waals surface area contributed by atoms with E-state index in [2.05, 4.69) is 20.4 Å². The van der Waals surface area contributed by atoms with E-state index in [1.807, 2.05) is 84.7 Å². The van der Waals surface area contributed by atoms with Gasteiger partial charge in [0.05, 0.1) is 29.1 Å². The molecule has 5 rings (SSSR count). The molecule has 31 heavy (non-hydrogen) atoms. The zero-order valence-corrected chi connectivity index (χ0v) is 17.2. The third-order valence-corrected chi connectivity index (χ3v) is 5.59. The molecule has 1 aliphatic rings. The lowest BCUT2D eigenvalue weighted by Crippen LogP contribution is -2.29. The van der Waals surface area contributed by atoms with Crippen molar-refractivity contribution >= 4 is 28.3 Å². The predicted octanol–water partition coefficient (Wildman–Crippen LogP) is 4.67. The lowest BCUT2D eigenvalue weighted by molar-refractivity contribution is 0.0943. The van der Waals surface area contributed by atoms with Crippen LogP contribution in [0.4, 0.5) is 5.69 Å². The molecule has 0 aliphatic carbocycles. The molecule has 6 nitrogen and oxygen atoms in total. The summed E-state index contributed by atoms with van der Waals surface area (Å²) >= 11 is 0. The molecule has 4 aromatic rings. The van der Waals surface area contributed by atoms with Gasteiger partial charge < -0.3 is 10.3 Å². The van der Waals surface area contributed by atoms with Crippen LogP contribution in [0.5, 0.6) is 0 Å². The smallest absolute Gasteiger partial charge is 0.252 e. The van der Waals surface area contributed by atoms with E-state index in [9.17, 15) is 4.79 Å². The minimum absolute atomic E-state index is 0.119. The van der Waals surface area contributed by atoms with Gasteiger partial charge >= 0.3 is 0 Å². The van der Waals surface area contributed by atoms with Crippen LogP contribution in [-0.2, 0) is 0 Å². The monoisotopic (exact) mass is 409 g/mol. The van der Waals surface area contributed by atoms with Crippen LogP contribution < -0.4 is 10.3 Å². The Labute approximate surface area is 180 Å². The Morgan fingerprint density at radius 1 is 1.03 bits per heavy atom. The molecule has 1 atom stereocenters. The number of hydrogen-bond donors (Lipinski definition) is 2. The first-order chi connectivity index (χ1) is 15.2. The average Bonchev–Trinajstić information content (AvgIpc) is 3.46. The fourth-order valence-corrected chi connectivity index (χ4v) is 3.90. The highest BCUT2D eigenvalue weighted by atomic mass is 16.1. The van der Waals surface area contributed by atoms with Crippen molar-refractivity contribution in [3.05, 3.63) is 95.8 Å². The number of nitrogens with zero attached hydrogens (tertiary/aromatic N) is 3. The molecule has 0 spiro atoms. The first kappa shape index (κ1) is 19.1. The molecule has 1 amide bonds. The van der Waals surface area contributed by atoms with E-state index in [-0.39, 0.29) is 11.9 Å². The van der Waals surface area contributed by atoms with Gasteiger partial charge in [-0.05, 0) is 54.4 Å². The first-order valence-electron chi connectivity index (χ1n) is 10.4. The number of imidazole rings is 1. The average molecular weight is 409 g/mol. The fraction of sp³-hybridized carbons (Fsp3) is 0.160. The van der Waals surface area contributed by atoms with Gasteiger partial charge in [0.25, 0.3) is 5.91 Å². The summed E-state index contributed by atoms with van der Waals surface area (Å²) in [4.78, 5) is 20.6. The fourth-order valence-electron chi connectivity index (χ4n) is 3.90. The molecular weight excluding hydrogens is 386 g/mol. The standard InChI is InChI=1S/C25H23N5O/c1-17-13-14-30(29-17)21-10-7-19(8-11-21)25(31)28-24(18-5-3-2-4-6-18)20-9-12-22-23(15-20)27-16-26-22/h2-12,15-16,24H,13-14H2,1H3,(H,26,27)(H,28,31). The lowest BCUT2D eigenvalue weighted by atomic mass is 9.97. The second-order valence-corrected chi connectivity index (χ2v) is 7.75. The van der Waals surface area contributed by atoms with Crippen molar-refractivity contribution in [1.82, 2.24) is 15.3 Å². The molecule has 1 aromatic heterocycles. The maximum absolute atomic E-state index is 13.1. The normalized spacial score (nSPS) is 14.5. The van der Waals surface area contributed by atoms with Crippen molar-refractivity contribution < 1.29 is 4.79 Å². The number of nitrogens with one attached hydrogen (secondary N) is 2. The Bertz CT molecular complexity index is 1240. The molecule has 0 saturated carbocycles. The number of aromatic nitrogens is 2. The zero-order valence-electron chi connectivity index (χ0n) is 17.2. The van der Waals surface area contributed by atoms with E-state index >= 15 is 0 Å². The van der Waals surface area contributed by atoms with Crippen LogP contribution in [0.25, 0.3) is 11.0 Å². The largest absolute Gasteiger partial charge is 0.345 e. The molecule has 3 aromatic carbocycles. The van der Waals surface area contributed by atoms with Gasteiger partial charge in [-0.15, -0.1) is 0 Å².